The van der Waals surface area contributed by atoms with Gasteiger partial charge in [-0.1, -0.05) is 59.2 Å². The molecule has 2 aromatic heterocycles. The lowest BCUT2D eigenvalue weighted by molar-refractivity contribution is -0.117. The molecule has 0 saturated carbocycles. The molecule has 0 fully saturated rings. The predicted molar refractivity (Wildman–Crippen MR) is 159 cm³/mol. The Morgan fingerprint density at radius 3 is 2.55 bits per heavy atom. The summed E-state index contributed by atoms with van der Waals surface area (Å²) in [5.74, 6) is 0.0789. The fourth-order valence-electron chi connectivity index (χ4n) is 4.30. The van der Waals surface area contributed by atoms with E-state index in [2.05, 4.69) is 22.4 Å². The molecule has 0 spiro atoms. The van der Waals surface area contributed by atoms with E-state index in [4.69, 9.17) is 21.1 Å². The minimum absolute atomic E-state index is 0.254. The normalized spacial score (nSPS) is 11.7. The molecule has 0 bridgehead atoms. The van der Waals surface area contributed by atoms with Crippen molar-refractivity contribution in [2.24, 2.45) is 0 Å². The molecule has 0 aliphatic carbocycles. The summed E-state index contributed by atoms with van der Waals surface area (Å²) in [6, 6.07) is 15.0. The van der Waals surface area contributed by atoms with Crippen LogP contribution in [0, 0.1) is 20.8 Å². The molecule has 2 aromatic carbocycles. The van der Waals surface area contributed by atoms with Crippen molar-refractivity contribution in [3.05, 3.63) is 118 Å². The van der Waals surface area contributed by atoms with Crippen molar-refractivity contribution in [3.63, 3.8) is 0 Å². The van der Waals surface area contributed by atoms with E-state index in [1.165, 1.54) is 0 Å². The van der Waals surface area contributed by atoms with Crippen molar-refractivity contribution in [1.29, 1.82) is 0 Å². The summed E-state index contributed by atoms with van der Waals surface area (Å²) in [6.07, 6.45) is 5.49. The molecule has 0 atom stereocenters. The van der Waals surface area contributed by atoms with E-state index < -0.39 is 0 Å². The third kappa shape index (κ3) is 6.74. The zero-order valence-electron chi connectivity index (χ0n) is 23.0. The maximum Gasteiger partial charge on any atom is 0.256 e. The van der Waals surface area contributed by atoms with Gasteiger partial charge in [-0.25, -0.2) is 4.98 Å². The van der Waals surface area contributed by atoms with Gasteiger partial charge in [0.15, 0.2) is 0 Å². The third-order valence-electron chi connectivity index (χ3n) is 6.30. The number of fused-ring (bicyclic) bond motifs is 1. The number of amides is 2. The molecular weight excluding hydrogens is 524 g/mol. The van der Waals surface area contributed by atoms with Gasteiger partial charge in [-0.05, 0) is 63.6 Å². The second-order valence-corrected chi connectivity index (χ2v) is 9.92. The van der Waals surface area contributed by atoms with Gasteiger partial charge in [-0.2, -0.15) is 0 Å². The molecule has 2 N–H and O–H groups in total. The molecule has 204 valence electrons. The smallest absolute Gasteiger partial charge is 0.256 e. The van der Waals surface area contributed by atoms with E-state index in [0.717, 1.165) is 33.3 Å². The van der Waals surface area contributed by atoms with Gasteiger partial charge in [0, 0.05) is 46.3 Å². The van der Waals surface area contributed by atoms with E-state index in [1.807, 2.05) is 57.2 Å². The summed E-state index contributed by atoms with van der Waals surface area (Å²) in [5.41, 5.74) is 6.11. The molecule has 40 heavy (non-hydrogen) atoms. The highest BCUT2D eigenvalue weighted by Crippen LogP contribution is 2.31. The quantitative estimate of drug-likeness (QED) is 0.180. The minimum atomic E-state index is -0.315. The van der Waals surface area contributed by atoms with Crippen LogP contribution in [0.5, 0.6) is 0 Å². The lowest BCUT2D eigenvalue weighted by atomic mass is 9.99. The van der Waals surface area contributed by atoms with Gasteiger partial charge in [0.05, 0.1) is 22.5 Å². The van der Waals surface area contributed by atoms with Gasteiger partial charge in [0.2, 0.25) is 0 Å². The minimum Gasteiger partial charge on any atom is -0.361 e. The first-order valence-corrected chi connectivity index (χ1v) is 13.3. The van der Waals surface area contributed by atoms with Gasteiger partial charge in [-0.3, -0.25) is 9.59 Å². The van der Waals surface area contributed by atoms with E-state index >= 15 is 0 Å². The molecular formula is C32H31ClN4O3. The molecule has 2 amide bonds. The largest absolute Gasteiger partial charge is 0.361 e. The number of allylic oxidation sites excluding steroid dienone is 2. The number of benzene rings is 2. The SMILES string of the molecule is C=C(/C=C\C(=C/C)NC(=O)c1cc(-c2ccccc2Cl)nc2c(C)cc(C)cc12)C(=O)NCCc1cc(C)no1. The number of nitrogens with one attached hydrogen (secondary N) is 2. The lowest BCUT2D eigenvalue weighted by Crippen LogP contribution is -2.26. The zero-order chi connectivity index (χ0) is 28.8. The molecule has 7 nitrogen and oxygen atoms in total. The monoisotopic (exact) mass is 554 g/mol. The average Bonchev–Trinajstić information content (AvgIpc) is 3.35. The summed E-state index contributed by atoms with van der Waals surface area (Å²) in [6.45, 7) is 11.8. The van der Waals surface area contributed by atoms with Gasteiger partial charge >= 0.3 is 0 Å². The number of hydrogen-bond acceptors (Lipinski definition) is 5. The van der Waals surface area contributed by atoms with Crippen molar-refractivity contribution < 1.29 is 14.1 Å². The van der Waals surface area contributed by atoms with Crippen molar-refractivity contribution in [2.45, 2.75) is 34.1 Å². The second-order valence-electron chi connectivity index (χ2n) is 9.51. The Balaban J connectivity index is 1.52. The van der Waals surface area contributed by atoms with Crippen molar-refractivity contribution in [1.82, 2.24) is 20.8 Å². The molecule has 0 radical (unpaired) electrons. The van der Waals surface area contributed by atoms with E-state index in [-0.39, 0.29) is 17.4 Å². The van der Waals surface area contributed by atoms with Crippen LogP contribution in [0.3, 0.4) is 0 Å². The molecule has 2 heterocycles. The molecule has 4 rings (SSSR count). The molecule has 0 aliphatic heterocycles. The fraction of sp³-hybridized carbons (Fsp3) is 0.188. The van der Waals surface area contributed by atoms with Crippen LogP contribution in [0.2, 0.25) is 5.02 Å². The molecule has 4 aromatic rings. The van der Waals surface area contributed by atoms with E-state index in [0.29, 0.717) is 40.7 Å². The lowest BCUT2D eigenvalue weighted by Gasteiger charge is -2.14. The van der Waals surface area contributed by atoms with Crippen LogP contribution in [0.15, 0.2) is 89.1 Å². The van der Waals surface area contributed by atoms with Gasteiger partial charge in [-0.15, -0.1) is 0 Å². The van der Waals surface area contributed by atoms with Crippen LogP contribution in [-0.4, -0.2) is 28.5 Å². The fourth-order valence-corrected chi connectivity index (χ4v) is 4.53. The summed E-state index contributed by atoms with van der Waals surface area (Å²) in [5, 5.41) is 10.9. The van der Waals surface area contributed by atoms with Gasteiger partial charge in [0.25, 0.3) is 11.8 Å². The number of rotatable bonds is 9. The Morgan fingerprint density at radius 1 is 1.07 bits per heavy atom. The maximum absolute atomic E-state index is 13.6. The first-order valence-electron chi connectivity index (χ1n) is 12.9. The zero-order valence-corrected chi connectivity index (χ0v) is 23.7. The predicted octanol–water partition coefficient (Wildman–Crippen LogP) is 6.57. The molecule has 0 aliphatic rings. The summed E-state index contributed by atoms with van der Waals surface area (Å²) >= 11 is 6.47. The summed E-state index contributed by atoms with van der Waals surface area (Å²) < 4.78 is 5.16. The Hall–Kier alpha value is -4.49. The average molecular weight is 555 g/mol. The van der Waals surface area contributed by atoms with Crippen LogP contribution in [-0.2, 0) is 11.2 Å². The molecule has 0 saturated heterocycles. The second kappa shape index (κ2) is 12.6. The molecule has 8 heteroatoms. The molecule has 0 unspecified atom stereocenters. The number of pyridine rings is 1. The van der Waals surface area contributed by atoms with Crippen molar-refractivity contribution in [2.75, 3.05) is 6.54 Å². The van der Waals surface area contributed by atoms with Crippen LogP contribution >= 0.6 is 11.6 Å². The van der Waals surface area contributed by atoms with Crippen LogP contribution in [0.25, 0.3) is 22.2 Å². The third-order valence-corrected chi connectivity index (χ3v) is 6.63. The summed E-state index contributed by atoms with van der Waals surface area (Å²) in [4.78, 5) is 30.9. The van der Waals surface area contributed by atoms with Crippen LogP contribution in [0.4, 0.5) is 0 Å². The first-order chi connectivity index (χ1) is 19.2. The highest BCUT2D eigenvalue weighted by molar-refractivity contribution is 6.33. The number of halogens is 1. The highest BCUT2D eigenvalue weighted by Gasteiger charge is 2.17. The Labute approximate surface area is 238 Å². The Bertz CT molecular complexity index is 1670. The first kappa shape index (κ1) is 28.5. The van der Waals surface area contributed by atoms with E-state index in [9.17, 15) is 9.59 Å². The van der Waals surface area contributed by atoms with Crippen LogP contribution < -0.4 is 10.6 Å². The Morgan fingerprint density at radius 2 is 1.85 bits per heavy atom. The maximum atomic E-state index is 13.6. The summed E-state index contributed by atoms with van der Waals surface area (Å²) in [7, 11) is 0. The topological polar surface area (TPSA) is 97.1 Å². The van der Waals surface area contributed by atoms with E-state index in [1.54, 1.807) is 37.3 Å². The Kier molecular flexibility index (Phi) is 8.97. The number of aryl methyl sites for hydroxylation is 3. The van der Waals surface area contributed by atoms with Crippen LogP contribution in [0.1, 0.15) is 39.9 Å². The number of carbonyl (C=O) groups excluding carboxylic acids is 2. The van der Waals surface area contributed by atoms with Gasteiger partial charge < -0.3 is 15.2 Å². The van der Waals surface area contributed by atoms with Gasteiger partial charge in [0.1, 0.15) is 5.76 Å². The number of carbonyl (C=O) groups is 2. The number of nitrogens with zero attached hydrogens (tertiary/aromatic N) is 2. The number of aromatic nitrogens is 2. The van der Waals surface area contributed by atoms with Crippen molar-refractivity contribution in [3.8, 4) is 11.3 Å². The highest BCUT2D eigenvalue weighted by atomic mass is 35.5. The number of hydrogen-bond donors (Lipinski definition) is 2. The van der Waals surface area contributed by atoms with Crippen molar-refractivity contribution >= 4 is 34.3 Å². The standard InChI is InChI=1S/C32H31ClN4O3/c1-6-23(12-11-20(3)31(38)34-14-13-24-17-22(5)37-40-24)35-32(39)27-18-29(25-9-7-8-10-28(25)33)36-30-21(4)15-19(2)16-26(27)30/h6-12,15-18H,3,13-14H2,1-2,4-5H3,(H,34,38)(H,35,39)/b12-11-,23-6+.